The van der Waals surface area contributed by atoms with E-state index >= 15 is 0 Å². The fraction of sp³-hybridized carbons (Fsp3) is 0.714. The fourth-order valence-electron chi connectivity index (χ4n) is 5.32. The SMILES string of the molecule is Cc1cc(C2CC3CCC2(C)C3(C)C)c(O)c(C(C)(C)C)c1. The first-order chi connectivity index (χ1) is 9.98. The average molecular weight is 300 g/mol. The summed E-state index contributed by atoms with van der Waals surface area (Å²) in [4.78, 5) is 0. The van der Waals surface area contributed by atoms with Crippen molar-refractivity contribution in [2.75, 3.05) is 0 Å². The lowest BCUT2D eigenvalue weighted by Gasteiger charge is -2.40. The molecule has 0 radical (unpaired) electrons. The van der Waals surface area contributed by atoms with E-state index in [9.17, 15) is 5.11 Å². The van der Waals surface area contributed by atoms with Crippen LogP contribution in [0.2, 0.25) is 0 Å². The van der Waals surface area contributed by atoms with Crippen LogP contribution < -0.4 is 0 Å². The van der Waals surface area contributed by atoms with Crippen molar-refractivity contribution in [2.45, 2.75) is 79.1 Å². The molecule has 2 fully saturated rings. The number of aromatic hydroxyl groups is 1. The highest BCUT2D eigenvalue weighted by atomic mass is 16.3. The zero-order valence-electron chi connectivity index (χ0n) is 15.4. The van der Waals surface area contributed by atoms with Crippen molar-refractivity contribution in [3.05, 3.63) is 28.8 Å². The summed E-state index contributed by atoms with van der Waals surface area (Å²) < 4.78 is 0. The highest BCUT2D eigenvalue weighted by Crippen LogP contribution is 2.71. The van der Waals surface area contributed by atoms with E-state index in [1.165, 1.54) is 30.4 Å². The van der Waals surface area contributed by atoms with Crippen LogP contribution in [0.1, 0.15) is 83.4 Å². The number of hydrogen-bond acceptors (Lipinski definition) is 1. The van der Waals surface area contributed by atoms with Gasteiger partial charge in [0.25, 0.3) is 0 Å². The maximum atomic E-state index is 11.0. The van der Waals surface area contributed by atoms with Crippen LogP contribution in [-0.2, 0) is 5.41 Å². The lowest BCUT2D eigenvalue weighted by atomic mass is 9.64. The summed E-state index contributed by atoms with van der Waals surface area (Å²) >= 11 is 0. The Balaban J connectivity index is 2.13. The lowest BCUT2D eigenvalue weighted by Crippen LogP contribution is -2.31. The van der Waals surface area contributed by atoms with Crippen molar-refractivity contribution in [3.8, 4) is 5.75 Å². The van der Waals surface area contributed by atoms with E-state index < -0.39 is 0 Å². The second kappa shape index (κ2) is 4.52. The van der Waals surface area contributed by atoms with Gasteiger partial charge in [0.2, 0.25) is 0 Å². The largest absolute Gasteiger partial charge is 0.507 e. The van der Waals surface area contributed by atoms with Gasteiger partial charge in [-0.15, -0.1) is 0 Å². The topological polar surface area (TPSA) is 20.2 Å². The quantitative estimate of drug-likeness (QED) is 0.681. The van der Waals surface area contributed by atoms with Crippen LogP contribution in [0.25, 0.3) is 0 Å². The third kappa shape index (κ3) is 1.97. The van der Waals surface area contributed by atoms with Gasteiger partial charge in [-0.2, -0.15) is 0 Å². The summed E-state index contributed by atoms with van der Waals surface area (Å²) in [5, 5.41) is 11.0. The zero-order chi connectivity index (χ0) is 16.5. The third-order valence-corrected chi connectivity index (χ3v) is 7.26. The molecule has 3 rings (SSSR count). The number of aryl methyl sites for hydroxylation is 1. The molecular weight excluding hydrogens is 268 g/mol. The predicted molar refractivity (Wildman–Crippen MR) is 93.5 cm³/mol. The summed E-state index contributed by atoms with van der Waals surface area (Å²) in [6.07, 6.45) is 3.90. The first kappa shape index (κ1) is 15.9. The molecule has 0 heterocycles. The first-order valence-corrected chi connectivity index (χ1v) is 8.82. The van der Waals surface area contributed by atoms with Gasteiger partial charge >= 0.3 is 0 Å². The number of fused-ring (bicyclic) bond motifs is 2. The van der Waals surface area contributed by atoms with Gasteiger partial charge in [-0.25, -0.2) is 0 Å². The Labute approximate surface area is 136 Å². The van der Waals surface area contributed by atoms with Gasteiger partial charge in [0.1, 0.15) is 5.75 Å². The monoisotopic (exact) mass is 300 g/mol. The van der Waals surface area contributed by atoms with E-state index in [0.29, 0.717) is 22.5 Å². The Hall–Kier alpha value is -0.980. The van der Waals surface area contributed by atoms with Crippen LogP contribution in [0, 0.1) is 23.7 Å². The Morgan fingerprint density at radius 1 is 1.14 bits per heavy atom. The number of rotatable bonds is 1. The van der Waals surface area contributed by atoms with Crippen LogP contribution >= 0.6 is 0 Å². The molecule has 2 saturated carbocycles. The molecular formula is C21H32O. The first-order valence-electron chi connectivity index (χ1n) is 8.82. The second-order valence-corrected chi connectivity index (χ2v) is 9.66. The number of hydrogen-bond donors (Lipinski definition) is 1. The van der Waals surface area contributed by atoms with Gasteiger partial charge in [-0.3, -0.25) is 0 Å². The summed E-state index contributed by atoms with van der Waals surface area (Å²) in [5.41, 5.74) is 4.28. The standard InChI is InChI=1S/C21H32O/c1-13-10-15(18(22)17(11-13)19(2,3)4)16-12-14-8-9-21(16,7)20(14,5)6/h10-11,14,16,22H,8-9,12H2,1-7H3. The van der Waals surface area contributed by atoms with Gasteiger partial charge < -0.3 is 5.11 Å². The third-order valence-electron chi connectivity index (χ3n) is 7.26. The molecule has 3 atom stereocenters. The molecule has 1 aromatic carbocycles. The molecule has 3 unspecified atom stereocenters. The van der Waals surface area contributed by atoms with E-state index in [4.69, 9.17) is 0 Å². The number of phenols is 1. The summed E-state index contributed by atoms with van der Waals surface area (Å²) in [7, 11) is 0. The van der Waals surface area contributed by atoms with E-state index in [0.717, 1.165) is 11.5 Å². The smallest absolute Gasteiger partial charge is 0.122 e. The number of phenolic OH excluding ortho intramolecular Hbond substituents is 1. The van der Waals surface area contributed by atoms with Gasteiger partial charge in [0.05, 0.1) is 0 Å². The minimum atomic E-state index is -0.0150. The predicted octanol–water partition coefficient (Wildman–Crippen LogP) is 5.93. The highest BCUT2D eigenvalue weighted by Gasteiger charge is 2.61. The van der Waals surface area contributed by atoms with Crippen molar-refractivity contribution >= 4 is 0 Å². The van der Waals surface area contributed by atoms with E-state index in [1.807, 2.05) is 0 Å². The van der Waals surface area contributed by atoms with Crippen LogP contribution in [0.3, 0.4) is 0 Å². The molecule has 2 aliphatic rings. The zero-order valence-corrected chi connectivity index (χ0v) is 15.4. The van der Waals surface area contributed by atoms with E-state index in [-0.39, 0.29) is 5.41 Å². The van der Waals surface area contributed by atoms with Crippen molar-refractivity contribution < 1.29 is 5.11 Å². The molecule has 0 aliphatic heterocycles. The molecule has 0 spiro atoms. The summed E-state index contributed by atoms with van der Waals surface area (Å²) in [5.74, 6) is 1.87. The van der Waals surface area contributed by atoms with Crippen molar-refractivity contribution in [2.24, 2.45) is 16.7 Å². The minimum Gasteiger partial charge on any atom is -0.507 e. The normalized spacial score (nSPS) is 33.4. The Morgan fingerprint density at radius 2 is 1.77 bits per heavy atom. The molecule has 2 bridgehead atoms. The van der Waals surface area contributed by atoms with Crippen molar-refractivity contribution in [1.29, 1.82) is 0 Å². The molecule has 1 nitrogen and oxygen atoms in total. The molecule has 0 amide bonds. The Kier molecular flexibility index (Phi) is 3.27. The maximum absolute atomic E-state index is 11.0. The fourth-order valence-corrected chi connectivity index (χ4v) is 5.32. The maximum Gasteiger partial charge on any atom is 0.122 e. The van der Waals surface area contributed by atoms with Crippen LogP contribution in [0.5, 0.6) is 5.75 Å². The lowest BCUT2D eigenvalue weighted by molar-refractivity contribution is 0.133. The molecule has 1 N–H and O–H groups in total. The molecule has 2 aliphatic carbocycles. The van der Waals surface area contributed by atoms with Gasteiger partial charge in [0, 0.05) is 0 Å². The summed E-state index contributed by atoms with van der Waals surface area (Å²) in [6.45, 7) is 16.1. The van der Waals surface area contributed by atoms with Crippen LogP contribution in [0.4, 0.5) is 0 Å². The van der Waals surface area contributed by atoms with Crippen molar-refractivity contribution in [1.82, 2.24) is 0 Å². The Morgan fingerprint density at radius 3 is 2.23 bits per heavy atom. The molecule has 122 valence electrons. The molecule has 1 aromatic rings. The molecule has 0 saturated heterocycles. The molecule has 22 heavy (non-hydrogen) atoms. The van der Waals surface area contributed by atoms with Crippen LogP contribution in [-0.4, -0.2) is 5.11 Å². The van der Waals surface area contributed by atoms with Crippen molar-refractivity contribution in [3.63, 3.8) is 0 Å². The Bertz CT molecular complexity index is 605. The van der Waals surface area contributed by atoms with Gasteiger partial charge in [0.15, 0.2) is 0 Å². The minimum absolute atomic E-state index is 0.0150. The number of benzene rings is 1. The molecule has 1 heteroatoms. The van der Waals surface area contributed by atoms with E-state index in [1.54, 1.807) is 0 Å². The summed E-state index contributed by atoms with van der Waals surface area (Å²) in [6, 6.07) is 4.41. The average Bonchev–Trinajstić information content (AvgIpc) is 2.72. The van der Waals surface area contributed by atoms with Gasteiger partial charge in [-0.05, 0) is 65.4 Å². The van der Waals surface area contributed by atoms with Gasteiger partial charge in [-0.1, -0.05) is 59.2 Å². The van der Waals surface area contributed by atoms with E-state index in [2.05, 4.69) is 60.6 Å². The highest BCUT2D eigenvalue weighted by molar-refractivity contribution is 5.50. The van der Waals surface area contributed by atoms with Crippen LogP contribution in [0.15, 0.2) is 12.1 Å². The molecule has 0 aromatic heterocycles. The second-order valence-electron chi connectivity index (χ2n) is 9.66.